The Labute approximate surface area is 400 Å². The number of esters is 3. The summed E-state index contributed by atoms with van der Waals surface area (Å²) in [6.45, 7) is 6.39. The third-order valence-corrected chi connectivity index (χ3v) is 10.8. The standard InChI is InChI=1S/C59H96O6/c1-4-7-10-13-16-19-22-25-27-29-31-32-34-37-40-43-46-49-52-58(61)64-55-56(54-63-57(60)51-48-45-42-39-36-24-21-18-15-12-9-6-3)65-59(62)53-50-47-44-41-38-35-33-30-28-26-23-20-17-14-11-8-5-2/h9,12,16-22,25-29,31-32,36,39,56H,4-8,10-11,13-15,23-24,30,33-35,37-38,40-55H2,1-3H3/b12-9-,19-16-,20-17-,21-18-,25-22-,28-26-,29-27-,32-31-,39-36-. The van der Waals surface area contributed by atoms with Gasteiger partial charge in [0.15, 0.2) is 6.10 Å². The summed E-state index contributed by atoms with van der Waals surface area (Å²) in [5.41, 5.74) is 0. The monoisotopic (exact) mass is 901 g/mol. The number of carbonyl (C=O) groups is 3. The van der Waals surface area contributed by atoms with E-state index in [0.29, 0.717) is 19.3 Å². The van der Waals surface area contributed by atoms with E-state index in [1.165, 1.54) is 70.6 Å². The predicted octanol–water partition coefficient (Wildman–Crippen LogP) is 17.5. The molecule has 6 nitrogen and oxygen atoms in total. The van der Waals surface area contributed by atoms with E-state index in [1.807, 2.05) is 0 Å². The molecule has 0 fully saturated rings. The van der Waals surface area contributed by atoms with Crippen LogP contribution in [0.3, 0.4) is 0 Å². The summed E-state index contributed by atoms with van der Waals surface area (Å²) >= 11 is 0. The third kappa shape index (κ3) is 50.9. The minimum absolute atomic E-state index is 0.108. The van der Waals surface area contributed by atoms with Crippen molar-refractivity contribution < 1.29 is 28.6 Å². The summed E-state index contributed by atoms with van der Waals surface area (Å²) in [7, 11) is 0. The molecule has 0 rings (SSSR count). The average molecular weight is 901 g/mol. The largest absolute Gasteiger partial charge is 0.462 e. The van der Waals surface area contributed by atoms with Crippen molar-refractivity contribution in [2.45, 2.75) is 232 Å². The van der Waals surface area contributed by atoms with Crippen molar-refractivity contribution in [2.24, 2.45) is 0 Å². The van der Waals surface area contributed by atoms with Crippen LogP contribution in [0.5, 0.6) is 0 Å². The summed E-state index contributed by atoms with van der Waals surface area (Å²) in [4.78, 5) is 38.0. The fraction of sp³-hybridized carbons (Fsp3) is 0.644. The van der Waals surface area contributed by atoms with Gasteiger partial charge in [0.05, 0.1) is 0 Å². The van der Waals surface area contributed by atoms with Crippen molar-refractivity contribution in [1.82, 2.24) is 0 Å². The van der Waals surface area contributed by atoms with Crippen LogP contribution in [0, 0.1) is 0 Å². The first-order valence-corrected chi connectivity index (χ1v) is 26.4. The normalized spacial score (nSPS) is 13.0. The van der Waals surface area contributed by atoms with Gasteiger partial charge in [0.1, 0.15) is 13.2 Å². The number of rotatable bonds is 46. The second kappa shape index (κ2) is 52.7. The number of unbranched alkanes of at least 4 members (excludes halogenated alkanes) is 20. The minimum atomic E-state index is -0.809. The molecule has 0 radical (unpaired) electrons. The Bertz CT molecular complexity index is 1360. The molecule has 368 valence electrons. The van der Waals surface area contributed by atoms with E-state index >= 15 is 0 Å². The first kappa shape index (κ1) is 61.1. The molecular formula is C59H96O6. The summed E-state index contributed by atoms with van der Waals surface area (Å²) in [5, 5.41) is 0. The van der Waals surface area contributed by atoms with Crippen molar-refractivity contribution in [1.29, 1.82) is 0 Å². The molecule has 0 aromatic rings. The average Bonchev–Trinajstić information content (AvgIpc) is 3.30. The maximum Gasteiger partial charge on any atom is 0.306 e. The van der Waals surface area contributed by atoms with Gasteiger partial charge in [0.25, 0.3) is 0 Å². The topological polar surface area (TPSA) is 78.9 Å². The van der Waals surface area contributed by atoms with E-state index in [4.69, 9.17) is 14.2 Å². The van der Waals surface area contributed by atoms with E-state index < -0.39 is 6.10 Å². The van der Waals surface area contributed by atoms with Crippen molar-refractivity contribution in [3.8, 4) is 0 Å². The van der Waals surface area contributed by atoms with Crippen LogP contribution in [0.15, 0.2) is 109 Å². The van der Waals surface area contributed by atoms with Gasteiger partial charge in [-0.15, -0.1) is 0 Å². The number of allylic oxidation sites excluding steroid dienone is 18. The summed E-state index contributed by atoms with van der Waals surface area (Å²) in [6, 6.07) is 0. The smallest absolute Gasteiger partial charge is 0.306 e. The van der Waals surface area contributed by atoms with Gasteiger partial charge in [-0.05, 0) is 109 Å². The molecule has 0 aromatic heterocycles. The van der Waals surface area contributed by atoms with Gasteiger partial charge in [0.2, 0.25) is 0 Å². The van der Waals surface area contributed by atoms with E-state index in [9.17, 15) is 14.4 Å². The first-order chi connectivity index (χ1) is 32.0. The molecule has 0 N–H and O–H groups in total. The first-order valence-electron chi connectivity index (χ1n) is 26.4. The zero-order valence-electron chi connectivity index (χ0n) is 42.0. The lowest BCUT2D eigenvalue weighted by molar-refractivity contribution is -0.167. The van der Waals surface area contributed by atoms with Crippen LogP contribution in [0.25, 0.3) is 0 Å². The van der Waals surface area contributed by atoms with Crippen LogP contribution in [-0.4, -0.2) is 37.2 Å². The number of hydrogen-bond donors (Lipinski definition) is 0. The van der Waals surface area contributed by atoms with Gasteiger partial charge in [-0.25, -0.2) is 0 Å². The molecule has 0 amide bonds. The minimum Gasteiger partial charge on any atom is -0.462 e. The van der Waals surface area contributed by atoms with Crippen LogP contribution in [0.1, 0.15) is 226 Å². The van der Waals surface area contributed by atoms with Crippen LogP contribution in [-0.2, 0) is 28.6 Å². The Kier molecular flexibility index (Phi) is 49.5. The molecule has 6 heteroatoms. The second-order valence-corrected chi connectivity index (χ2v) is 17.1. The Morgan fingerprint density at radius 2 is 0.662 bits per heavy atom. The van der Waals surface area contributed by atoms with E-state index in [2.05, 4.69) is 130 Å². The van der Waals surface area contributed by atoms with E-state index in [0.717, 1.165) is 116 Å². The highest BCUT2D eigenvalue weighted by molar-refractivity contribution is 5.71. The van der Waals surface area contributed by atoms with Crippen molar-refractivity contribution in [2.75, 3.05) is 13.2 Å². The van der Waals surface area contributed by atoms with Gasteiger partial charge >= 0.3 is 17.9 Å². The van der Waals surface area contributed by atoms with Crippen molar-refractivity contribution in [3.63, 3.8) is 0 Å². The summed E-state index contributed by atoms with van der Waals surface area (Å²) in [5.74, 6) is -0.981. The Morgan fingerprint density at radius 1 is 0.338 bits per heavy atom. The van der Waals surface area contributed by atoms with Crippen LogP contribution >= 0.6 is 0 Å². The molecule has 1 atom stereocenters. The third-order valence-electron chi connectivity index (χ3n) is 10.8. The van der Waals surface area contributed by atoms with Gasteiger partial charge in [-0.1, -0.05) is 207 Å². The molecule has 0 aromatic carbocycles. The lowest BCUT2D eigenvalue weighted by atomic mass is 10.1. The summed E-state index contributed by atoms with van der Waals surface area (Å²) in [6.07, 6.45) is 70.7. The van der Waals surface area contributed by atoms with Gasteiger partial charge in [-0.2, -0.15) is 0 Å². The fourth-order valence-corrected chi connectivity index (χ4v) is 6.85. The van der Waals surface area contributed by atoms with Gasteiger partial charge in [0, 0.05) is 19.3 Å². The zero-order valence-corrected chi connectivity index (χ0v) is 42.0. The lowest BCUT2D eigenvalue weighted by Gasteiger charge is -2.18. The Hall–Kier alpha value is -3.93. The van der Waals surface area contributed by atoms with Crippen molar-refractivity contribution >= 4 is 17.9 Å². The molecule has 0 saturated heterocycles. The van der Waals surface area contributed by atoms with Crippen LogP contribution in [0.4, 0.5) is 0 Å². The molecular weight excluding hydrogens is 805 g/mol. The Morgan fingerprint density at radius 3 is 1.11 bits per heavy atom. The molecule has 0 heterocycles. The van der Waals surface area contributed by atoms with E-state index in [-0.39, 0.29) is 31.1 Å². The molecule has 0 spiro atoms. The molecule has 0 saturated carbocycles. The van der Waals surface area contributed by atoms with Gasteiger partial charge in [-0.3, -0.25) is 14.4 Å². The zero-order chi connectivity index (χ0) is 47.2. The van der Waals surface area contributed by atoms with Crippen LogP contribution in [0.2, 0.25) is 0 Å². The molecule has 0 aliphatic heterocycles. The number of ether oxygens (including phenoxy) is 3. The number of carbonyl (C=O) groups excluding carboxylic acids is 3. The lowest BCUT2D eigenvalue weighted by Crippen LogP contribution is -2.30. The SMILES string of the molecule is CC/C=C\C/C=C\C/C=C\CCCCC(=O)OCC(COC(=O)CCCCCCC\C=C/C=C\C=C/C=C\CCCCC)OC(=O)CCCCCCCCC/C=C\C/C=C\CCCCC. The van der Waals surface area contributed by atoms with Crippen molar-refractivity contribution in [3.05, 3.63) is 109 Å². The summed E-state index contributed by atoms with van der Waals surface area (Å²) < 4.78 is 16.7. The predicted molar refractivity (Wildman–Crippen MR) is 279 cm³/mol. The molecule has 0 aliphatic rings. The van der Waals surface area contributed by atoms with Crippen LogP contribution < -0.4 is 0 Å². The number of hydrogen-bond acceptors (Lipinski definition) is 6. The fourth-order valence-electron chi connectivity index (χ4n) is 6.85. The van der Waals surface area contributed by atoms with Gasteiger partial charge < -0.3 is 14.2 Å². The maximum atomic E-state index is 12.8. The highest BCUT2D eigenvalue weighted by Crippen LogP contribution is 2.13. The second-order valence-electron chi connectivity index (χ2n) is 17.1. The molecule has 0 aliphatic carbocycles. The maximum absolute atomic E-state index is 12.8. The molecule has 65 heavy (non-hydrogen) atoms. The quantitative estimate of drug-likeness (QED) is 0.0199. The highest BCUT2D eigenvalue weighted by atomic mass is 16.6. The molecule has 0 bridgehead atoms. The molecule has 1 unspecified atom stereocenters. The van der Waals surface area contributed by atoms with E-state index in [1.54, 1.807) is 0 Å². The highest BCUT2D eigenvalue weighted by Gasteiger charge is 2.19. The Balaban J connectivity index is 4.49.